The molecule has 0 spiro atoms. The molecular weight excluding hydrogens is 201 g/mol. The monoisotopic (exact) mass is 216 g/mol. The minimum absolute atomic E-state index is 0.513. The van der Waals surface area contributed by atoms with Crippen molar-refractivity contribution in [1.82, 2.24) is 0 Å². The van der Waals surface area contributed by atoms with Crippen LogP contribution in [0.5, 0.6) is 0 Å². The van der Waals surface area contributed by atoms with Gasteiger partial charge in [0.05, 0.1) is 5.56 Å². The molecule has 1 aromatic carbocycles. The van der Waals surface area contributed by atoms with Gasteiger partial charge in [-0.25, -0.2) is 0 Å². The summed E-state index contributed by atoms with van der Waals surface area (Å²) in [4.78, 5) is 0. The Hall–Kier alpha value is -0.990. The van der Waals surface area contributed by atoms with Crippen molar-refractivity contribution in [3.05, 3.63) is 35.4 Å². The van der Waals surface area contributed by atoms with E-state index in [0.717, 1.165) is 18.1 Å². The molecule has 0 bridgehead atoms. The molecule has 0 atom stereocenters. The van der Waals surface area contributed by atoms with Crippen molar-refractivity contribution < 1.29 is 13.2 Å². The summed E-state index contributed by atoms with van der Waals surface area (Å²) < 4.78 is 37.1. The lowest BCUT2D eigenvalue weighted by Crippen LogP contribution is -2.05. The smallest absolute Gasteiger partial charge is 0.166 e. The van der Waals surface area contributed by atoms with Crippen LogP contribution in [0, 0.1) is 5.92 Å². The standard InChI is InChI=1S/C12H15F3/c1-9(2)6-7-10-4-3-5-11(8-10)12(13,14)15/h3-5,8-9H,6-7H2,1-2H3. The molecule has 0 radical (unpaired) electrons. The Morgan fingerprint density at radius 1 is 1.20 bits per heavy atom. The van der Waals surface area contributed by atoms with E-state index in [9.17, 15) is 13.2 Å². The lowest BCUT2D eigenvalue weighted by atomic mass is 10.0. The normalized spacial score (nSPS) is 12.1. The second kappa shape index (κ2) is 4.69. The first kappa shape index (κ1) is 12.1. The van der Waals surface area contributed by atoms with Gasteiger partial charge in [0.15, 0.2) is 0 Å². The van der Waals surface area contributed by atoms with Crippen LogP contribution in [0.25, 0.3) is 0 Å². The maximum atomic E-state index is 12.4. The molecule has 0 N–H and O–H groups in total. The van der Waals surface area contributed by atoms with Crippen LogP contribution < -0.4 is 0 Å². The summed E-state index contributed by atoms with van der Waals surface area (Å²) in [6, 6.07) is 5.57. The van der Waals surface area contributed by atoms with E-state index in [0.29, 0.717) is 12.3 Å². The third kappa shape index (κ3) is 3.94. The number of alkyl halides is 3. The van der Waals surface area contributed by atoms with Gasteiger partial charge in [-0.1, -0.05) is 32.0 Å². The van der Waals surface area contributed by atoms with Crippen molar-refractivity contribution in [2.45, 2.75) is 32.9 Å². The van der Waals surface area contributed by atoms with E-state index in [1.165, 1.54) is 12.1 Å². The van der Waals surface area contributed by atoms with Gasteiger partial charge in [0.2, 0.25) is 0 Å². The van der Waals surface area contributed by atoms with Gasteiger partial charge < -0.3 is 0 Å². The average molecular weight is 216 g/mol. The topological polar surface area (TPSA) is 0 Å². The fourth-order valence-electron chi connectivity index (χ4n) is 1.36. The molecule has 0 unspecified atom stereocenters. The van der Waals surface area contributed by atoms with Crippen molar-refractivity contribution in [2.24, 2.45) is 5.92 Å². The molecule has 1 rings (SSSR count). The van der Waals surface area contributed by atoms with Crippen molar-refractivity contribution in [1.29, 1.82) is 0 Å². The molecule has 0 amide bonds. The zero-order valence-electron chi connectivity index (χ0n) is 8.93. The molecular formula is C12H15F3. The number of hydrogen-bond donors (Lipinski definition) is 0. The van der Waals surface area contributed by atoms with Crippen LogP contribution in [0.15, 0.2) is 24.3 Å². The molecule has 15 heavy (non-hydrogen) atoms. The van der Waals surface area contributed by atoms with Crippen LogP contribution in [-0.4, -0.2) is 0 Å². The molecule has 0 aliphatic heterocycles. The van der Waals surface area contributed by atoms with Crippen LogP contribution in [0.3, 0.4) is 0 Å². The zero-order chi connectivity index (χ0) is 11.5. The summed E-state index contributed by atoms with van der Waals surface area (Å²) in [7, 11) is 0. The molecule has 0 fully saturated rings. The Morgan fingerprint density at radius 3 is 2.40 bits per heavy atom. The van der Waals surface area contributed by atoms with Gasteiger partial charge in [-0.3, -0.25) is 0 Å². The Bertz CT molecular complexity index is 313. The van der Waals surface area contributed by atoms with E-state index in [1.54, 1.807) is 6.07 Å². The SMILES string of the molecule is CC(C)CCc1cccc(C(F)(F)F)c1. The molecule has 1 aromatic rings. The van der Waals surface area contributed by atoms with Gasteiger partial charge in [0.1, 0.15) is 0 Å². The third-order valence-corrected chi connectivity index (χ3v) is 2.26. The average Bonchev–Trinajstić information content (AvgIpc) is 2.14. The zero-order valence-corrected chi connectivity index (χ0v) is 8.93. The molecule has 3 heteroatoms. The van der Waals surface area contributed by atoms with Gasteiger partial charge in [-0.15, -0.1) is 0 Å². The molecule has 0 aromatic heterocycles. The number of rotatable bonds is 3. The number of aryl methyl sites for hydroxylation is 1. The second-order valence-electron chi connectivity index (χ2n) is 4.13. The Kier molecular flexibility index (Phi) is 3.77. The predicted molar refractivity (Wildman–Crippen MR) is 54.6 cm³/mol. The number of hydrogen-bond acceptors (Lipinski definition) is 0. The molecule has 0 heterocycles. The predicted octanol–water partition coefficient (Wildman–Crippen LogP) is 4.29. The highest BCUT2D eigenvalue weighted by molar-refractivity contribution is 5.25. The van der Waals surface area contributed by atoms with E-state index < -0.39 is 11.7 Å². The maximum absolute atomic E-state index is 12.4. The van der Waals surface area contributed by atoms with E-state index in [-0.39, 0.29) is 0 Å². The first-order chi connectivity index (χ1) is 6.89. The highest BCUT2D eigenvalue weighted by atomic mass is 19.4. The molecule has 84 valence electrons. The van der Waals surface area contributed by atoms with Crippen molar-refractivity contribution in [3.8, 4) is 0 Å². The van der Waals surface area contributed by atoms with Crippen molar-refractivity contribution >= 4 is 0 Å². The molecule has 0 saturated carbocycles. The van der Waals surface area contributed by atoms with Gasteiger partial charge in [-0.2, -0.15) is 13.2 Å². The molecule has 0 aliphatic rings. The van der Waals surface area contributed by atoms with E-state index in [2.05, 4.69) is 13.8 Å². The summed E-state index contributed by atoms with van der Waals surface area (Å²) in [5, 5.41) is 0. The maximum Gasteiger partial charge on any atom is 0.416 e. The Morgan fingerprint density at radius 2 is 1.87 bits per heavy atom. The lowest BCUT2D eigenvalue weighted by Gasteiger charge is -2.09. The quantitative estimate of drug-likeness (QED) is 0.706. The lowest BCUT2D eigenvalue weighted by molar-refractivity contribution is -0.137. The van der Waals surface area contributed by atoms with E-state index >= 15 is 0 Å². The molecule has 0 saturated heterocycles. The third-order valence-electron chi connectivity index (χ3n) is 2.26. The highest BCUT2D eigenvalue weighted by Crippen LogP contribution is 2.29. The largest absolute Gasteiger partial charge is 0.416 e. The number of halogens is 3. The second-order valence-corrected chi connectivity index (χ2v) is 4.13. The summed E-state index contributed by atoms with van der Waals surface area (Å²) in [5.41, 5.74) is 0.210. The fourth-order valence-corrected chi connectivity index (χ4v) is 1.36. The fraction of sp³-hybridized carbons (Fsp3) is 0.500. The summed E-state index contributed by atoms with van der Waals surface area (Å²) >= 11 is 0. The first-order valence-corrected chi connectivity index (χ1v) is 5.05. The van der Waals surface area contributed by atoms with E-state index in [4.69, 9.17) is 0 Å². The van der Waals surface area contributed by atoms with Crippen LogP contribution in [0.1, 0.15) is 31.4 Å². The van der Waals surface area contributed by atoms with Crippen LogP contribution >= 0.6 is 0 Å². The number of benzene rings is 1. The van der Waals surface area contributed by atoms with Gasteiger partial charge in [0, 0.05) is 0 Å². The molecule has 0 aliphatic carbocycles. The summed E-state index contributed by atoms with van der Waals surface area (Å²) in [6.07, 6.45) is -2.60. The van der Waals surface area contributed by atoms with Crippen LogP contribution in [0.4, 0.5) is 13.2 Å². The van der Waals surface area contributed by atoms with Crippen molar-refractivity contribution in [2.75, 3.05) is 0 Å². The minimum Gasteiger partial charge on any atom is -0.166 e. The van der Waals surface area contributed by atoms with Gasteiger partial charge in [-0.05, 0) is 30.4 Å². The molecule has 0 nitrogen and oxygen atoms in total. The van der Waals surface area contributed by atoms with Gasteiger partial charge >= 0.3 is 6.18 Å². The Labute approximate surface area is 88.1 Å². The summed E-state index contributed by atoms with van der Waals surface area (Å²) in [5.74, 6) is 0.513. The van der Waals surface area contributed by atoms with Gasteiger partial charge in [0.25, 0.3) is 0 Å². The minimum atomic E-state index is -4.23. The van der Waals surface area contributed by atoms with Crippen molar-refractivity contribution in [3.63, 3.8) is 0 Å². The Balaban J connectivity index is 2.75. The summed E-state index contributed by atoms with van der Waals surface area (Å²) in [6.45, 7) is 4.13. The highest BCUT2D eigenvalue weighted by Gasteiger charge is 2.30. The van der Waals surface area contributed by atoms with Crippen LogP contribution in [-0.2, 0) is 12.6 Å². The van der Waals surface area contributed by atoms with Crippen LogP contribution in [0.2, 0.25) is 0 Å². The first-order valence-electron chi connectivity index (χ1n) is 5.05. The van der Waals surface area contributed by atoms with E-state index in [1.807, 2.05) is 0 Å².